The molecule has 0 unspecified atom stereocenters. The fourth-order valence-electron chi connectivity index (χ4n) is 3.46. The van der Waals surface area contributed by atoms with Crippen LogP contribution in [0, 0.1) is 0 Å². The van der Waals surface area contributed by atoms with Gasteiger partial charge < -0.3 is 14.4 Å². The Hall–Kier alpha value is -3.66. The molecule has 2 aromatic heterocycles. The number of carbonyl (C=O) groups is 1. The van der Waals surface area contributed by atoms with Gasteiger partial charge in [0, 0.05) is 57.4 Å². The van der Waals surface area contributed by atoms with Crippen molar-refractivity contribution in [1.82, 2.24) is 19.8 Å². The van der Waals surface area contributed by atoms with Crippen LogP contribution < -0.4 is 9.47 Å². The van der Waals surface area contributed by atoms with Gasteiger partial charge in [-0.05, 0) is 54.4 Å². The number of nitrogens with zero attached hydrogens (tertiary/aromatic N) is 4. The predicted molar refractivity (Wildman–Crippen MR) is 118 cm³/mol. The van der Waals surface area contributed by atoms with E-state index in [1.54, 1.807) is 41.6 Å². The van der Waals surface area contributed by atoms with Crippen molar-refractivity contribution in [1.29, 1.82) is 0 Å². The van der Waals surface area contributed by atoms with Crippen LogP contribution >= 0.6 is 0 Å². The third-order valence-corrected chi connectivity index (χ3v) is 5.41. The Kier molecular flexibility index (Phi) is 7.27. The predicted octanol–water partition coefficient (Wildman–Crippen LogP) is 4.65. The number of alkyl halides is 3. The number of benzene rings is 1. The number of piperazine rings is 1. The second-order valence-electron chi connectivity index (χ2n) is 7.76. The molecule has 0 bridgehead atoms. The maximum absolute atomic E-state index is 12.6. The van der Waals surface area contributed by atoms with Crippen LogP contribution in [0.5, 0.6) is 17.4 Å². The normalized spacial score (nSPS) is 14.6. The molecule has 10 heteroatoms. The minimum Gasteiger partial charge on any atom is -0.439 e. The van der Waals surface area contributed by atoms with E-state index in [4.69, 9.17) is 9.47 Å². The standard InChI is InChI=1S/C24H23F3N4O3/c25-24(26,27)19-1-6-22(29-17-19)33-20-2-4-21(5-3-20)34-23(32)31-15-13-30(14-16-31)12-9-18-7-10-28-11-8-18/h1-8,10-11,17H,9,12-16H2. The third kappa shape index (κ3) is 6.44. The lowest BCUT2D eigenvalue weighted by Crippen LogP contribution is -2.49. The van der Waals surface area contributed by atoms with Crippen LogP contribution in [0.15, 0.2) is 67.1 Å². The highest BCUT2D eigenvalue weighted by molar-refractivity contribution is 5.70. The van der Waals surface area contributed by atoms with Gasteiger partial charge >= 0.3 is 12.3 Å². The summed E-state index contributed by atoms with van der Waals surface area (Å²) < 4.78 is 48.7. The van der Waals surface area contributed by atoms with Gasteiger partial charge in [0.05, 0.1) is 5.56 Å². The van der Waals surface area contributed by atoms with Crippen molar-refractivity contribution in [2.24, 2.45) is 0 Å². The Morgan fingerprint density at radius 1 is 0.912 bits per heavy atom. The lowest BCUT2D eigenvalue weighted by Gasteiger charge is -2.34. The van der Waals surface area contributed by atoms with Gasteiger partial charge in [0.15, 0.2) is 0 Å². The maximum atomic E-state index is 12.6. The quantitative estimate of drug-likeness (QED) is 0.521. The van der Waals surface area contributed by atoms with Crippen molar-refractivity contribution < 1.29 is 27.4 Å². The first-order valence-electron chi connectivity index (χ1n) is 10.8. The van der Waals surface area contributed by atoms with E-state index in [-0.39, 0.29) is 5.88 Å². The Bertz CT molecular complexity index is 1070. The average molecular weight is 472 g/mol. The van der Waals surface area contributed by atoms with Gasteiger partial charge in [0.1, 0.15) is 11.5 Å². The topological polar surface area (TPSA) is 67.8 Å². The summed E-state index contributed by atoms with van der Waals surface area (Å²) in [6.07, 6.45) is 0.338. The average Bonchev–Trinajstić information content (AvgIpc) is 2.85. The van der Waals surface area contributed by atoms with E-state index in [1.165, 1.54) is 5.56 Å². The molecule has 1 amide bonds. The molecule has 3 aromatic rings. The van der Waals surface area contributed by atoms with Gasteiger partial charge in [-0.25, -0.2) is 9.78 Å². The summed E-state index contributed by atoms with van der Waals surface area (Å²) >= 11 is 0. The third-order valence-electron chi connectivity index (χ3n) is 5.41. The van der Waals surface area contributed by atoms with Crippen LogP contribution in [-0.2, 0) is 12.6 Å². The molecule has 3 heterocycles. The zero-order chi connectivity index (χ0) is 24.0. The van der Waals surface area contributed by atoms with E-state index >= 15 is 0 Å². The number of ether oxygens (including phenoxy) is 2. The van der Waals surface area contributed by atoms with Crippen LogP contribution in [0.2, 0.25) is 0 Å². The molecule has 1 fully saturated rings. The number of amides is 1. The number of carbonyl (C=O) groups excluding carboxylic acids is 1. The van der Waals surface area contributed by atoms with E-state index in [9.17, 15) is 18.0 Å². The smallest absolute Gasteiger partial charge is 0.417 e. The number of aromatic nitrogens is 2. The molecule has 1 aromatic carbocycles. The number of pyridine rings is 2. The molecule has 4 rings (SSSR count). The molecule has 0 atom stereocenters. The molecular formula is C24H23F3N4O3. The van der Waals surface area contributed by atoms with E-state index in [0.717, 1.165) is 38.2 Å². The zero-order valence-electron chi connectivity index (χ0n) is 18.2. The Labute approximate surface area is 194 Å². The van der Waals surface area contributed by atoms with E-state index in [0.29, 0.717) is 30.8 Å². The highest BCUT2D eigenvalue weighted by Gasteiger charge is 2.30. The maximum Gasteiger partial charge on any atom is 0.417 e. The van der Waals surface area contributed by atoms with Crippen molar-refractivity contribution in [3.63, 3.8) is 0 Å². The Morgan fingerprint density at radius 2 is 1.59 bits per heavy atom. The highest BCUT2D eigenvalue weighted by atomic mass is 19.4. The lowest BCUT2D eigenvalue weighted by atomic mass is 10.2. The first-order chi connectivity index (χ1) is 16.4. The monoisotopic (exact) mass is 472 g/mol. The molecular weight excluding hydrogens is 449 g/mol. The second kappa shape index (κ2) is 10.5. The first kappa shape index (κ1) is 23.5. The summed E-state index contributed by atoms with van der Waals surface area (Å²) in [6, 6.07) is 12.3. The van der Waals surface area contributed by atoms with Gasteiger partial charge in [-0.15, -0.1) is 0 Å². The van der Waals surface area contributed by atoms with Crippen molar-refractivity contribution in [3.05, 3.63) is 78.2 Å². The first-order valence-corrected chi connectivity index (χ1v) is 10.8. The van der Waals surface area contributed by atoms with Gasteiger partial charge in [-0.3, -0.25) is 9.88 Å². The van der Waals surface area contributed by atoms with Crippen molar-refractivity contribution in [2.45, 2.75) is 12.6 Å². The molecule has 0 aliphatic carbocycles. The number of rotatable bonds is 6. The van der Waals surface area contributed by atoms with Crippen LogP contribution in [0.1, 0.15) is 11.1 Å². The van der Waals surface area contributed by atoms with Gasteiger partial charge in [0.25, 0.3) is 0 Å². The molecule has 178 valence electrons. The summed E-state index contributed by atoms with van der Waals surface area (Å²) in [5, 5.41) is 0. The number of hydrogen-bond donors (Lipinski definition) is 0. The van der Waals surface area contributed by atoms with Crippen LogP contribution in [0.4, 0.5) is 18.0 Å². The summed E-state index contributed by atoms with van der Waals surface area (Å²) in [6.45, 7) is 3.62. The molecule has 1 saturated heterocycles. The lowest BCUT2D eigenvalue weighted by molar-refractivity contribution is -0.137. The summed E-state index contributed by atoms with van der Waals surface area (Å²) in [5.41, 5.74) is 0.384. The van der Waals surface area contributed by atoms with E-state index in [1.807, 2.05) is 12.1 Å². The van der Waals surface area contributed by atoms with Crippen LogP contribution in [0.3, 0.4) is 0 Å². The molecule has 0 saturated carbocycles. The minimum atomic E-state index is -4.45. The largest absolute Gasteiger partial charge is 0.439 e. The SMILES string of the molecule is O=C(Oc1ccc(Oc2ccc(C(F)(F)F)cn2)cc1)N1CCN(CCc2ccncc2)CC1. The van der Waals surface area contributed by atoms with Crippen molar-refractivity contribution in [3.8, 4) is 17.4 Å². The minimum absolute atomic E-state index is 0.0274. The van der Waals surface area contributed by atoms with Gasteiger partial charge in [-0.1, -0.05) is 0 Å². The highest BCUT2D eigenvalue weighted by Crippen LogP contribution is 2.30. The molecule has 34 heavy (non-hydrogen) atoms. The zero-order valence-corrected chi connectivity index (χ0v) is 18.2. The molecule has 0 N–H and O–H groups in total. The number of hydrogen-bond acceptors (Lipinski definition) is 6. The van der Waals surface area contributed by atoms with E-state index in [2.05, 4.69) is 14.9 Å². The van der Waals surface area contributed by atoms with Crippen molar-refractivity contribution in [2.75, 3.05) is 32.7 Å². The van der Waals surface area contributed by atoms with E-state index < -0.39 is 17.8 Å². The molecule has 1 aliphatic rings. The van der Waals surface area contributed by atoms with Crippen LogP contribution in [0.25, 0.3) is 0 Å². The summed E-state index contributed by atoms with van der Waals surface area (Å²) in [5.74, 6) is 0.729. The van der Waals surface area contributed by atoms with Crippen LogP contribution in [-0.4, -0.2) is 58.6 Å². The Morgan fingerprint density at radius 3 is 2.21 bits per heavy atom. The molecule has 1 aliphatic heterocycles. The van der Waals surface area contributed by atoms with Crippen molar-refractivity contribution >= 4 is 6.09 Å². The molecule has 7 nitrogen and oxygen atoms in total. The fraction of sp³-hybridized carbons (Fsp3) is 0.292. The summed E-state index contributed by atoms with van der Waals surface area (Å²) in [7, 11) is 0. The van der Waals surface area contributed by atoms with Gasteiger partial charge in [-0.2, -0.15) is 13.2 Å². The summed E-state index contributed by atoms with van der Waals surface area (Å²) in [4.78, 5) is 24.2. The Balaban J connectivity index is 1.22. The molecule has 0 radical (unpaired) electrons. The molecule has 0 spiro atoms. The number of halogens is 3. The van der Waals surface area contributed by atoms with Gasteiger partial charge in [0.2, 0.25) is 5.88 Å². The fourth-order valence-corrected chi connectivity index (χ4v) is 3.46. The second-order valence-corrected chi connectivity index (χ2v) is 7.76.